The van der Waals surface area contributed by atoms with Crippen LogP contribution in [-0.4, -0.2) is 19.6 Å². The van der Waals surface area contributed by atoms with Crippen LogP contribution in [0.2, 0.25) is 0 Å². The Bertz CT molecular complexity index is 390. The molecule has 2 rings (SSSR count). The molecule has 0 radical (unpaired) electrons. The zero-order chi connectivity index (χ0) is 10.8. The summed E-state index contributed by atoms with van der Waals surface area (Å²) in [6, 6.07) is 5.73. The molecule has 15 heavy (non-hydrogen) atoms. The molecule has 0 saturated carbocycles. The smallest absolute Gasteiger partial charge is 0.225 e. The van der Waals surface area contributed by atoms with Crippen molar-refractivity contribution in [2.45, 2.75) is 12.3 Å². The predicted molar refractivity (Wildman–Crippen MR) is 58.0 cm³/mol. The minimum Gasteiger partial charge on any atom is -0.495 e. The van der Waals surface area contributed by atoms with Crippen LogP contribution >= 0.6 is 0 Å². The first kappa shape index (κ1) is 9.98. The number of ether oxygens (including phenoxy) is 1. The zero-order valence-electron chi connectivity index (χ0n) is 8.62. The van der Waals surface area contributed by atoms with Crippen molar-refractivity contribution in [1.82, 2.24) is 0 Å². The van der Waals surface area contributed by atoms with Crippen LogP contribution in [0.5, 0.6) is 5.75 Å². The number of carbonyl (C=O) groups excluding carboxylic acids is 1. The number of hydrogen-bond acceptors (Lipinski definition) is 3. The van der Waals surface area contributed by atoms with Crippen molar-refractivity contribution in [3.05, 3.63) is 23.8 Å². The molecule has 1 heterocycles. The van der Waals surface area contributed by atoms with E-state index < -0.39 is 0 Å². The summed E-state index contributed by atoms with van der Waals surface area (Å²) in [5.74, 6) is 0.797. The molecular weight excluding hydrogens is 192 g/mol. The van der Waals surface area contributed by atoms with Crippen molar-refractivity contribution in [3.8, 4) is 5.75 Å². The van der Waals surface area contributed by atoms with E-state index in [-0.39, 0.29) is 11.8 Å². The van der Waals surface area contributed by atoms with Crippen LogP contribution in [0.3, 0.4) is 0 Å². The van der Waals surface area contributed by atoms with E-state index in [4.69, 9.17) is 10.5 Å². The lowest BCUT2D eigenvalue weighted by atomic mass is 9.90. The minimum absolute atomic E-state index is 0.00227. The maximum Gasteiger partial charge on any atom is 0.225 e. The summed E-state index contributed by atoms with van der Waals surface area (Å²) in [5, 5.41) is 2.82. The van der Waals surface area contributed by atoms with Crippen molar-refractivity contribution in [2.24, 2.45) is 5.73 Å². The first-order chi connectivity index (χ1) is 7.26. The summed E-state index contributed by atoms with van der Waals surface area (Å²) in [4.78, 5) is 11.4. The molecule has 0 aliphatic carbocycles. The standard InChI is InChI=1S/C11H14N2O2/c1-15-9-4-2-3-8-7(6-12)5-10(14)13-11(8)9/h2-4,7H,5-6,12H2,1H3,(H,13,14). The van der Waals surface area contributed by atoms with E-state index in [9.17, 15) is 4.79 Å². The van der Waals surface area contributed by atoms with Gasteiger partial charge in [-0.1, -0.05) is 12.1 Å². The SMILES string of the molecule is COc1cccc2c1NC(=O)CC2CN. The lowest BCUT2D eigenvalue weighted by Gasteiger charge is -2.25. The van der Waals surface area contributed by atoms with E-state index >= 15 is 0 Å². The summed E-state index contributed by atoms with van der Waals surface area (Å²) in [5.41, 5.74) is 7.49. The molecule has 4 heteroatoms. The molecule has 1 atom stereocenters. The Balaban J connectivity index is 2.49. The second kappa shape index (κ2) is 3.90. The number of nitrogens with one attached hydrogen (secondary N) is 1. The highest BCUT2D eigenvalue weighted by Gasteiger charge is 2.25. The minimum atomic E-state index is 0.00227. The molecule has 1 aromatic rings. The monoisotopic (exact) mass is 206 g/mol. The molecule has 1 aromatic carbocycles. The zero-order valence-corrected chi connectivity index (χ0v) is 8.62. The van der Waals surface area contributed by atoms with Gasteiger partial charge in [-0.15, -0.1) is 0 Å². The van der Waals surface area contributed by atoms with Gasteiger partial charge < -0.3 is 15.8 Å². The van der Waals surface area contributed by atoms with Gasteiger partial charge in [0.15, 0.2) is 0 Å². The number of nitrogens with two attached hydrogens (primary N) is 1. The average Bonchev–Trinajstić information content (AvgIpc) is 2.27. The van der Waals surface area contributed by atoms with Gasteiger partial charge in [0.25, 0.3) is 0 Å². The van der Waals surface area contributed by atoms with E-state index in [1.165, 1.54) is 0 Å². The Morgan fingerprint density at radius 2 is 2.40 bits per heavy atom. The molecule has 1 unspecified atom stereocenters. The van der Waals surface area contributed by atoms with Gasteiger partial charge in [-0.05, 0) is 18.2 Å². The molecule has 3 N–H and O–H groups in total. The van der Waals surface area contributed by atoms with Gasteiger partial charge in [-0.3, -0.25) is 4.79 Å². The molecule has 0 bridgehead atoms. The Hall–Kier alpha value is -1.55. The maximum absolute atomic E-state index is 11.4. The van der Waals surface area contributed by atoms with E-state index in [0.717, 1.165) is 11.3 Å². The molecule has 0 saturated heterocycles. The van der Waals surface area contributed by atoms with Crippen molar-refractivity contribution in [2.75, 3.05) is 19.0 Å². The fourth-order valence-electron chi connectivity index (χ4n) is 1.93. The van der Waals surface area contributed by atoms with Crippen LogP contribution in [0.4, 0.5) is 5.69 Å². The quantitative estimate of drug-likeness (QED) is 0.761. The highest BCUT2D eigenvalue weighted by atomic mass is 16.5. The number of methoxy groups -OCH3 is 1. The van der Waals surface area contributed by atoms with Crippen LogP contribution in [-0.2, 0) is 4.79 Å². The van der Waals surface area contributed by atoms with Crippen molar-refractivity contribution in [3.63, 3.8) is 0 Å². The van der Waals surface area contributed by atoms with Crippen molar-refractivity contribution < 1.29 is 9.53 Å². The van der Waals surface area contributed by atoms with E-state index in [1.54, 1.807) is 7.11 Å². The third kappa shape index (κ3) is 1.68. The summed E-state index contributed by atoms with van der Waals surface area (Å²) < 4.78 is 5.20. The number of benzene rings is 1. The topological polar surface area (TPSA) is 64.3 Å². The normalized spacial score (nSPS) is 19.3. The first-order valence-corrected chi connectivity index (χ1v) is 4.93. The second-order valence-corrected chi connectivity index (χ2v) is 3.61. The van der Waals surface area contributed by atoms with Crippen LogP contribution in [0, 0.1) is 0 Å². The molecule has 0 aromatic heterocycles. The fraction of sp³-hybridized carbons (Fsp3) is 0.364. The number of rotatable bonds is 2. The third-order valence-corrected chi connectivity index (χ3v) is 2.70. The number of hydrogen-bond donors (Lipinski definition) is 2. The molecule has 1 amide bonds. The van der Waals surface area contributed by atoms with Gasteiger partial charge in [-0.2, -0.15) is 0 Å². The third-order valence-electron chi connectivity index (χ3n) is 2.70. The molecule has 4 nitrogen and oxygen atoms in total. The molecule has 0 spiro atoms. The molecule has 80 valence electrons. The Labute approximate surface area is 88.4 Å². The van der Waals surface area contributed by atoms with Crippen LogP contribution in [0.25, 0.3) is 0 Å². The number of anilines is 1. The highest BCUT2D eigenvalue weighted by molar-refractivity contribution is 5.96. The number of para-hydroxylation sites is 1. The lowest BCUT2D eigenvalue weighted by Crippen LogP contribution is -2.27. The number of carbonyl (C=O) groups is 1. The van der Waals surface area contributed by atoms with Gasteiger partial charge in [0.2, 0.25) is 5.91 Å². The van der Waals surface area contributed by atoms with Crippen molar-refractivity contribution in [1.29, 1.82) is 0 Å². The van der Waals surface area contributed by atoms with Gasteiger partial charge in [0, 0.05) is 12.3 Å². The Morgan fingerprint density at radius 3 is 3.07 bits per heavy atom. The highest BCUT2D eigenvalue weighted by Crippen LogP contribution is 2.37. The molecule has 0 fully saturated rings. The molecular formula is C11H14N2O2. The Morgan fingerprint density at radius 1 is 1.60 bits per heavy atom. The predicted octanol–water partition coefficient (Wildman–Crippen LogP) is 1.08. The summed E-state index contributed by atoms with van der Waals surface area (Å²) in [6.07, 6.45) is 0.455. The Kier molecular flexibility index (Phi) is 2.60. The molecule has 1 aliphatic rings. The van der Waals surface area contributed by atoms with Gasteiger partial charge in [0.1, 0.15) is 5.75 Å². The van der Waals surface area contributed by atoms with Gasteiger partial charge in [0.05, 0.1) is 12.8 Å². The lowest BCUT2D eigenvalue weighted by molar-refractivity contribution is -0.116. The van der Waals surface area contributed by atoms with Crippen LogP contribution in [0.1, 0.15) is 17.9 Å². The largest absolute Gasteiger partial charge is 0.495 e. The fourth-order valence-corrected chi connectivity index (χ4v) is 1.93. The average molecular weight is 206 g/mol. The van der Waals surface area contributed by atoms with Gasteiger partial charge >= 0.3 is 0 Å². The summed E-state index contributed by atoms with van der Waals surface area (Å²) >= 11 is 0. The molecule has 1 aliphatic heterocycles. The van der Waals surface area contributed by atoms with Crippen LogP contribution in [0.15, 0.2) is 18.2 Å². The van der Waals surface area contributed by atoms with Crippen molar-refractivity contribution >= 4 is 11.6 Å². The van der Waals surface area contributed by atoms with E-state index in [0.29, 0.717) is 18.7 Å². The number of fused-ring (bicyclic) bond motifs is 1. The first-order valence-electron chi connectivity index (χ1n) is 4.93. The van der Waals surface area contributed by atoms with E-state index in [2.05, 4.69) is 5.32 Å². The summed E-state index contributed by atoms with van der Waals surface area (Å²) in [7, 11) is 1.59. The summed E-state index contributed by atoms with van der Waals surface area (Å²) in [6.45, 7) is 0.480. The maximum atomic E-state index is 11.4. The van der Waals surface area contributed by atoms with E-state index in [1.807, 2.05) is 18.2 Å². The van der Waals surface area contributed by atoms with Gasteiger partial charge in [-0.25, -0.2) is 0 Å². The number of amides is 1. The van der Waals surface area contributed by atoms with Crippen LogP contribution < -0.4 is 15.8 Å². The second-order valence-electron chi connectivity index (χ2n) is 3.61.